The van der Waals surface area contributed by atoms with Crippen LogP contribution < -0.4 is 0 Å². The van der Waals surface area contributed by atoms with E-state index in [-0.39, 0.29) is 5.75 Å². The van der Waals surface area contributed by atoms with Crippen LogP contribution in [0.15, 0.2) is 12.2 Å². The Hall–Kier alpha value is 0.140. The van der Waals surface area contributed by atoms with E-state index in [4.69, 9.17) is 16.2 Å². The molecular weight excluding hydrogens is 184 g/mol. The molecule has 0 heterocycles. The summed E-state index contributed by atoms with van der Waals surface area (Å²) in [5, 5.41) is 0. The maximum Gasteiger partial charge on any atom is 0.154 e. The van der Waals surface area contributed by atoms with E-state index in [9.17, 15) is 4.21 Å². The van der Waals surface area contributed by atoms with Crippen LogP contribution in [-0.4, -0.2) is 19.4 Å². The van der Waals surface area contributed by atoms with Gasteiger partial charge in [0.1, 0.15) is 0 Å². The first-order chi connectivity index (χ1) is 5.12. The quantitative estimate of drug-likeness (QED) is 0.414. The lowest BCUT2D eigenvalue weighted by atomic mass is 9.95. The standard InChI is InChI=1S/C7H11ClO2S/c8-7(6-11(9)10)4-2-1-3-5-7/h1-2H,3-6H2,(H,9,10). The molecule has 0 saturated carbocycles. The molecule has 4 heteroatoms. The summed E-state index contributed by atoms with van der Waals surface area (Å²) in [6.45, 7) is 0. The van der Waals surface area contributed by atoms with Crippen LogP contribution >= 0.6 is 11.6 Å². The van der Waals surface area contributed by atoms with Gasteiger partial charge in [-0.2, -0.15) is 0 Å². The molecule has 0 aromatic carbocycles. The first-order valence-electron chi connectivity index (χ1n) is 3.54. The van der Waals surface area contributed by atoms with Crippen molar-refractivity contribution in [2.75, 3.05) is 5.75 Å². The highest BCUT2D eigenvalue weighted by Crippen LogP contribution is 2.30. The predicted molar refractivity (Wildman–Crippen MR) is 47.2 cm³/mol. The molecule has 0 amide bonds. The first-order valence-corrected chi connectivity index (χ1v) is 5.19. The summed E-state index contributed by atoms with van der Waals surface area (Å²) in [7, 11) is 0. The zero-order valence-electron chi connectivity index (χ0n) is 6.12. The van der Waals surface area contributed by atoms with E-state index >= 15 is 0 Å². The van der Waals surface area contributed by atoms with Crippen molar-refractivity contribution in [3.8, 4) is 0 Å². The lowest BCUT2D eigenvalue weighted by Crippen LogP contribution is -2.29. The van der Waals surface area contributed by atoms with E-state index in [0.717, 1.165) is 12.8 Å². The fourth-order valence-corrected chi connectivity index (χ4v) is 2.39. The second-order valence-electron chi connectivity index (χ2n) is 2.83. The zero-order valence-corrected chi connectivity index (χ0v) is 7.70. The van der Waals surface area contributed by atoms with E-state index in [0.29, 0.717) is 6.42 Å². The Bertz CT molecular complexity index is 193. The van der Waals surface area contributed by atoms with E-state index in [2.05, 4.69) is 6.08 Å². The Labute approximate surface area is 73.9 Å². The first kappa shape index (κ1) is 9.23. The average Bonchev–Trinajstić information content (AvgIpc) is 1.85. The molecule has 2 nitrogen and oxygen atoms in total. The van der Waals surface area contributed by atoms with Gasteiger partial charge in [0.15, 0.2) is 11.1 Å². The van der Waals surface area contributed by atoms with Gasteiger partial charge in [-0.15, -0.1) is 11.6 Å². The molecule has 0 fully saturated rings. The van der Waals surface area contributed by atoms with Gasteiger partial charge in [-0.05, 0) is 19.3 Å². The topological polar surface area (TPSA) is 37.3 Å². The molecule has 2 unspecified atom stereocenters. The molecule has 0 aromatic heterocycles. The van der Waals surface area contributed by atoms with Gasteiger partial charge in [0.25, 0.3) is 0 Å². The molecule has 11 heavy (non-hydrogen) atoms. The molecule has 1 aliphatic carbocycles. The lowest BCUT2D eigenvalue weighted by molar-refractivity contribution is 0.523. The van der Waals surface area contributed by atoms with Crippen LogP contribution in [-0.2, 0) is 11.1 Å². The van der Waals surface area contributed by atoms with Crippen LogP contribution in [0.3, 0.4) is 0 Å². The molecule has 0 spiro atoms. The number of halogens is 1. The smallest absolute Gasteiger partial charge is 0.154 e. The minimum absolute atomic E-state index is 0.179. The number of hydrogen-bond acceptors (Lipinski definition) is 1. The summed E-state index contributed by atoms with van der Waals surface area (Å²) >= 11 is 4.30. The minimum atomic E-state index is -1.77. The number of allylic oxidation sites excluding steroid dienone is 2. The fraction of sp³-hybridized carbons (Fsp3) is 0.714. The van der Waals surface area contributed by atoms with Gasteiger partial charge >= 0.3 is 0 Å². The van der Waals surface area contributed by atoms with Crippen LogP contribution in [0.4, 0.5) is 0 Å². The van der Waals surface area contributed by atoms with Gasteiger partial charge in [0, 0.05) is 0 Å². The third-order valence-corrected chi connectivity index (χ3v) is 3.23. The average molecular weight is 195 g/mol. The molecular formula is C7H11ClO2S. The van der Waals surface area contributed by atoms with Crippen LogP contribution in [0.1, 0.15) is 19.3 Å². The van der Waals surface area contributed by atoms with Crippen molar-refractivity contribution in [2.24, 2.45) is 0 Å². The van der Waals surface area contributed by atoms with Crippen LogP contribution in [0, 0.1) is 0 Å². The minimum Gasteiger partial charge on any atom is -0.306 e. The van der Waals surface area contributed by atoms with Crippen molar-refractivity contribution in [1.29, 1.82) is 0 Å². The highest BCUT2D eigenvalue weighted by atomic mass is 35.5. The Balaban J connectivity index is 2.52. The second-order valence-corrected chi connectivity index (χ2v) is 4.56. The van der Waals surface area contributed by atoms with Gasteiger partial charge in [-0.1, -0.05) is 12.2 Å². The Morgan fingerprint density at radius 2 is 2.36 bits per heavy atom. The van der Waals surface area contributed by atoms with E-state index < -0.39 is 16.0 Å². The van der Waals surface area contributed by atoms with Crippen LogP contribution in [0.2, 0.25) is 0 Å². The summed E-state index contributed by atoms with van der Waals surface area (Å²) in [6.07, 6.45) is 6.46. The van der Waals surface area contributed by atoms with Crippen molar-refractivity contribution in [2.45, 2.75) is 24.1 Å². The molecule has 2 atom stereocenters. The van der Waals surface area contributed by atoms with Crippen molar-refractivity contribution < 1.29 is 8.76 Å². The van der Waals surface area contributed by atoms with Gasteiger partial charge in [-0.3, -0.25) is 0 Å². The molecule has 1 aliphatic rings. The van der Waals surface area contributed by atoms with Gasteiger partial charge in [0.05, 0.1) is 10.6 Å². The monoisotopic (exact) mass is 194 g/mol. The fourth-order valence-electron chi connectivity index (χ4n) is 1.21. The second kappa shape index (κ2) is 3.70. The maximum atomic E-state index is 10.5. The molecule has 0 radical (unpaired) electrons. The Kier molecular flexibility index (Phi) is 3.10. The molecule has 0 aromatic rings. The van der Waals surface area contributed by atoms with Gasteiger partial charge in [-0.25, -0.2) is 4.21 Å². The Morgan fingerprint density at radius 3 is 2.82 bits per heavy atom. The van der Waals surface area contributed by atoms with Crippen molar-refractivity contribution in [3.05, 3.63) is 12.2 Å². The Morgan fingerprint density at radius 1 is 1.64 bits per heavy atom. The van der Waals surface area contributed by atoms with Crippen LogP contribution in [0.25, 0.3) is 0 Å². The summed E-state index contributed by atoms with van der Waals surface area (Å²) in [5.41, 5.74) is 0. The SMILES string of the molecule is O=S(O)CC1(Cl)CC=CCC1. The van der Waals surface area contributed by atoms with Crippen molar-refractivity contribution in [1.82, 2.24) is 0 Å². The largest absolute Gasteiger partial charge is 0.306 e. The summed E-state index contributed by atoms with van der Waals surface area (Å²) in [4.78, 5) is -0.464. The summed E-state index contributed by atoms with van der Waals surface area (Å²) in [6, 6.07) is 0. The normalized spacial score (nSPS) is 33.6. The number of rotatable bonds is 2. The molecule has 0 saturated heterocycles. The van der Waals surface area contributed by atoms with Crippen molar-refractivity contribution in [3.63, 3.8) is 0 Å². The molecule has 1 N–H and O–H groups in total. The highest BCUT2D eigenvalue weighted by Gasteiger charge is 2.29. The molecule has 0 bridgehead atoms. The van der Waals surface area contributed by atoms with E-state index in [1.54, 1.807) is 0 Å². The summed E-state index contributed by atoms with van der Waals surface area (Å²) < 4.78 is 19.1. The lowest BCUT2D eigenvalue weighted by Gasteiger charge is -2.25. The predicted octanol–water partition coefficient (Wildman–Crippen LogP) is 1.93. The van der Waals surface area contributed by atoms with E-state index in [1.165, 1.54) is 0 Å². The third-order valence-electron chi connectivity index (χ3n) is 1.79. The number of hydrogen-bond donors (Lipinski definition) is 1. The molecule has 64 valence electrons. The summed E-state index contributed by atoms with van der Waals surface area (Å²) in [5.74, 6) is 0.179. The van der Waals surface area contributed by atoms with Gasteiger partial charge < -0.3 is 4.55 Å². The van der Waals surface area contributed by atoms with Crippen LogP contribution in [0.5, 0.6) is 0 Å². The number of alkyl halides is 1. The molecule has 1 rings (SSSR count). The zero-order chi connectivity index (χ0) is 8.32. The highest BCUT2D eigenvalue weighted by molar-refractivity contribution is 7.79. The van der Waals surface area contributed by atoms with Gasteiger partial charge in [0.2, 0.25) is 0 Å². The van der Waals surface area contributed by atoms with Crippen molar-refractivity contribution >= 4 is 22.7 Å². The third kappa shape index (κ3) is 2.93. The molecule has 0 aliphatic heterocycles. The maximum absolute atomic E-state index is 10.5. The van der Waals surface area contributed by atoms with E-state index in [1.807, 2.05) is 6.08 Å².